The van der Waals surface area contributed by atoms with Gasteiger partial charge in [-0.15, -0.1) is 0 Å². The van der Waals surface area contributed by atoms with Crippen molar-refractivity contribution in [2.24, 2.45) is 0 Å². The van der Waals surface area contributed by atoms with E-state index in [-0.39, 0.29) is 11.7 Å². The predicted octanol–water partition coefficient (Wildman–Crippen LogP) is 4.39. The molecule has 0 radical (unpaired) electrons. The number of rotatable bonds is 7. The highest BCUT2D eigenvalue weighted by Crippen LogP contribution is 2.32. The zero-order valence-electron chi connectivity index (χ0n) is 17.0. The van der Waals surface area contributed by atoms with Crippen molar-refractivity contribution in [1.29, 1.82) is 0 Å². The first kappa shape index (κ1) is 20.5. The quantitative estimate of drug-likeness (QED) is 0.746. The van der Waals surface area contributed by atoms with Crippen LogP contribution in [0.4, 0.5) is 10.1 Å². The molecule has 2 unspecified atom stereocenters. The molecule has 0 heterocycles. The van der Waals surface area contributed by atoms with Gasteiger partial charge < -0.3 is 15.5 Å². The third kappa shape index (κ3) is 5.40. The summed E-state index contributed by atoms with van der Waals surface area (Å²) in [5.74, 6) is -0.567. The van der Waals surface area contributed by atoms with Crippen molar-refractivity contribution in [2.45, 2.75) is 44.7 Å². The van der Waals surface area contributed by atoms with Gasteiger partial charge in [-0.05, 0) is 101 Å². The molecule has 0 bridgehead atoms. The standard InChI is InChI=1S/C23H30FN3O/c1-16(13-14-27(2)3)25-22-6-4-5-17-9-12-20(15-21(17)22)26-23(28)18-7-10-19(24)11-8-18/h7-12,15-16,22,25H,4-6,13-14H2,1-3H3,(H,26,28). The van der Waals surface area contributed by atoms with E-state index in [4.69, 9.17) is 0 Å². The summed E-state index contributed by atoms with van der Waals surface area (Å²) in [6.07, 6.45) is 4.45. The summed E-state index contributed by atoms with van der Waals surface area (Å²) >= 11 is 0. The Morgan fingerprint density at radius 1 is 1.21 bits per heavy atom. The number of hydrogen-bond acceptors (Lipinski definition) is 3. The van der Waals surface area contributed by atoms with Gasteiger partial charge in [0.1, 0.15) is 5.82 Å². The van der Waals surface area contributed by atoms with Crippen LogP contribution in [0, 0.1) is 5.82 Å². The number of halogens is 1. The third-order valence-corrected chi connectivity index (χ3v) is 5.32. The lowest BCUT2D eigenvalue weighted by atomic mass is 9.86. The van der Waals surface area contributed by atoms with E-state index in [2.05, 4.69) is 48.7 Å². The van der Waals surface area contributed by atoms with Gasteiger partial charge in [0.05, 0.1) is 0 Å². The molecule has 0 saturated carbocycles. The van der Waals surface area contributed by atoms with E-state index < -0.39 is 0 Å². The van der Waals surface area contributed by atoms with Crippen LogP contribution in [0.5, 0.6) is 0 Å². The van der Waals surface area contributed by atoms with Crippen molar-refractivity contribution in [2.75, 3.05) is 26.0 Å². The van der Waals surface area contributed by atoms with Crippen LogP contribution in [0.1, 0.15) is 53.7 Å². The predicted molar refractivity (Wildman–Crippen MR) is 112 cm³/mol. The van der Waals surface area contributed by atoms with Crippen molar-refractivity contribution in [1.82, 2.24) is 10.2 Å². The normalized spacial score (nSPS) is 17.2. The first-order chi connectivity index (χ1) is 13.4. The van der Waals surface area contributed by atoms with Crippen LogP contribution in [-0.2, 0) is 6.42 Å². The minimum atomic E-state index is -0.345. The molecular formula is C23H30FN3O. The number of amides is 1. The number of hydrogen-bond donors (Lipinski definition) is 2. The van der Waals surface area contributed by atoms with Gasteiger partial charge in [-0.25, -0.2) is 4.39 Å². The Morgan fingerprint density at radius 3 is 2.68 bits per heavy atom. The summed E-state index contributed by atoms with van der Waals surface area (Å²) in [6.45, 7) is 3.29. The van der Waals surface area contributed by atoms with Crippen LogP contribution in [0.3, 0.4) is 0 Å². The topological polar surface area (TPSA) is 44.4 Å². The van der Waals surface area contributed by atoms with Crippen molar-refractivity contribution in [3.8, 4) is 0 Å². The fraction of sp³-hybridized carbons (Fsp3) is 0.435. The highest BCUT2D eigenvalue weighted by molar-refractivity contribution is 6.04. The van der Waals surface area contributed by atoms with Crippen LogP contribution >= 0.6 is 0 Å². The molecule has 0 aliphatic heterocycles. The molecule has 3 rings (SSSR count). The molecule has 150 valence electrons. The van der Waals surface area contributed by atoms with Crippen LogP contribution in [0.15, 0.2) is 42.5 Å². The maximum Gasteiger partial charge on any atom is 0.255 e. The average molecular weight is 384 g/mol. The summed E-state index contributed by atoms with van der Waals surface area (Å²) in [5, 5.41) is 6.71. The summed E-state index contributed by atoms with van der Waals surface area (Å²) in [6, 6.07) is 12.5. The van der Waals surface area contributed by atoms with Crippen LogP contribution in [0.25, 0.3) is 0 Å². The zero-order chi connectivity index (χ0) is 20.1. The Kier molecular flexibility index (Phi) is 6.81. The first-order valence-corrected chi connectivity index (χ1v) is 10.0. The minimum absolute atomic E-state index is 0.223. The lowest BCUT2D eigenvalue weighted by Gasteiger charge is -2.30. The molecule has 28 heavy (non-hydrogen) atoms. The molecule has 0 aromatic heterocycles. The lowest BCUT2D eigenvalue weighted by molar-refractivity contribution is 0.102. The number of anilines is 1. The molecular weight excluding hydrogens is 353 g/mol. The number of aryl methyl sites for hydroxylation is 1. The Hall–Kier alpha value is -2.24. The van der Waals surface area contributed by atoms with Gasteiger partial charge in [-0.2, -0.15) is 0 Å². The molecule has 5 heteroatoms. The Bertz CT molecular complexity index is 804. The maximum atomic E-state index is 13.1. The van der Waals surface area contributed by atoms with E-state index >= 15 is 0 Å². The Morgan fingerprint density at radius 2 is 1.96 bits per heavy atom. The Labute approximate surface area is 167 Å². The van der Waals surface area contributed by atoms with Gasteiger partial charge in [-0.3, -0.25) is 4.79 Å². The number of carbonyl (C=O) groups is 1. The third-order valence-electron chi connectivity index (χ3n) is 5.32. The summed E-state index contributed by atoms with van der Waals surface area (Å²) < 4.78 is 13.1. The molecule has 2 aromatic carbocycles. The second-order valence-electron chi connectivity index (χ2n) is 7.98. The second-order valence-corrected chi connectivity index (χ2v) is 7.98. The monoisotopic (exact) mass is 383 g/mol. The summed E-state index contributed by atoms with van der Waals surface area (Å²) in [5.41, 5.74) is 3.86. The van der Waals surface area contributed by atoms with E-state index in [1.54, 1.807) is 0 Å². The van der Waals surface area contributed by atoms with Crippen LogP contribution in [-0.4, -0.2) is 37.5 Å². The lowest BCUT2D eigenvalue weighted by Crippen LogP contribution is -2.34. The molecule has 1 amide bonds. The van der Waals surface area contributed by atoms with Crippen LogP contribution < -0.4 is 10.6 Å². The molecule has 2 atom stereocenters. The van der Waals surface area contributed by atoms with E-state index in [1.165, 1.54) is 41.8 Å². The fourth-order valence-corrected chi connectivity index (χ4v) is 3.73. The molecule has 1 aliphatic carbocycles. The number of fused-ring (bicyclic) bond motifs is 1. The SMILES string of the molecule is CC(CCN(C)C)NC1CCCc2ccc(NC(=O)c3ccc(F)cc3)cc21. The van der Waals surface area contributed by atoms with Gasteiger partial charge in [0.15, 0.2) is 0 Å². The van der Waals surface area contributed by atoms with Gasteiger partial charge in [0.2, 0.25) is 0 Å². The van der Waals surface area contributed by atoms with Gasteiger partial charge in [-0.1, -0.05) is 6.07 Å². The van der Waals surface area contributed by atoms with Crippen molar-refractivity contribution in [3.63, 3.8) is 0 Å². The fourth-order valence-electron chi connectivity index (χ4n) is 3.73. The van der Waals surface area contributed by atoms with Crippen LogP contribution in [0.2, 0.25) is 0 Å². The second kappa shape index (κ2) is 9.30. The smallest absolute Gasteiger partial charge is 0.255 e. The number of nitrogens with one attached hydrogen (secondary N) is 2. The highest BCUT2D eigenvalue weighted by atomic mass is 19.1. The van der Waals surface area contributed by atoms with Gasteiger partial charge in [0.25, 0.3) is 5.91 Å². The summed E-state index contributed by atoms with van der Waals surface area (Å²) in [7, 11) is 4.19. The van der Waals surface area contributed by atoms with Crippen molar-refractivity contribution >= 4 is 11.6 Å². The van der Waals surface area contributed by atoms with E-state index in [0.29, 0.717) is 17.6 Å². The number of benzene rings is 2. The first-order valence-electron chi connectivity index (χ1n) is 10.0. The molecule has 0 fully saturated rings. The number of nitrogens with zero attached hydrogens (tertiary/aromatic N) is 1. The molecule has 0 saturated heterocycles. The largest absolute Gasteiger partial charge is 0.322 e. The molecule has 2 N–H and O–H groups in total. The summed E-state index contributed by atoms with van der Waals surface area (Å²) in [4.78, 5) is 14.7. The zero-order valence-corrected chi connectivity index (χ0v) is 17.0. The number of carbonyl (C=O) groups excluding carboxylic acids is 1. The van der Waals surface area contributed by atoms with Gasteiger partial charge in [0, 0.05) is 23.3 Å². The van der Waals surface area contributed by atoms with Gasteiger partial charge >= 0.3 is 0 Å². The average Bonchev–Trinajstić information content (AvgIpc) is 2.67. The molecule has 2 aromatic rings. The molecule has 1 aliphatic rings. The highest BCUT2D eigenvalue weighted by Gasteiger charge is 2.22. The molecule has 0 spiro atoms. The van der Waals surface area contributed by atoms with E-state index in [9.17, 15) is 9.18 Å². The Balaban J connectivity index is 1.70. The maximum absolute atomic E-state index is 13.1. The van der Waals surface area contributed by atoms with Crippen molar-refractivity contribution in [3.05, 3.63) is 65.0 Å². The molecule has 4 nitrogen and oxygen atoms in total. The minimum Gasteiger partial charge on any atom is -0.322 e. The van der Waals surface area contributed by atoms with E-state index in [0.717, 1.165) is 31.5 Å². The van der Waals surface area contributed by atoms with Crippen molar-refractivity contribution < 1.29 is 9.18 Å². The van der Waals surface area contributed by atoms with E-state index in [1.807, 2.05) is 6.07 Å².